The van der Waals surface area contributed by atoms with E-state index in [0.717, 1.165) is 12.5 Å². The Labute approximate surface area is 106 Å². The highest BCUT2D eigenvalue weighted by Crippen LogP contribution is 2.36. The molecule has 0 saturated carbocycles. The first kappa shape index (κ1) is 12.3. The third-order valence-corrected chi connectivity index (χ3v) is 3.39. The number of benzene rings is 1. The van der Waals surface area contributed by atoms with Gasteiger partial charge >= 0.3 is 6.03 Å². The van der Waals surface area contributed by atoms with Crippen LogP contribution in [-0.2, 0) is 12.5 Å². The fourth-order valence-corrected chi connectivity index (χ4v) is 2.27. The Balaban J connectivity index is 2.52. The molecule has 1 N–H and O–H groups in total. The van der Waals surface area contributed by atoms with Crippen LogP contribution in [0.5, 0.6) is 0 Å². The van der Waals surface area contributed by atoms with E-state index in [9.17, 15) is 13.6 Å². The van der Waals surface area contributed by atoms with Gasteiger partial charge in [0.25, 0.3) is 5.92 Å². The highest BCUT2D eigenvalue weighted by Gasteiger charge is 2.29. The van der Waals surface area contributed by atoms with Gasteiger partial charge in [0.2, 0.25) is 0 Å². The third kappa shape index (κ3) is 2.26. The van der Waals surface area contributed by atoms with Crippen LogP contribution in [0.2, 0.25) is 0 Å². The van der Waals surface area contributed by atoms with Crippen LogP contribution in [-0.4, -0.2) is 18.0 Å². The lowest BCUT2D eigenvalue weighted by Crippen LogP contribution is -2.35. The number of hydrogen-bond acceptors (Lipinski definition) is 1. The fraction of sp³-hybridized carbons (Fsp3) is 0.364. The molecule has 1 aliphatic heterocycles. The van der Waals surface area contributed by atoms with E-state index in [-0.39, 0.29) is 11.6 Å². The van der Waals surface area contributed by atoms with Crippen LogP contribution in [0.4, 0.5) is 19.3 Å². The summed E-state index contributed by atoms with van der Waals surface area (Å²) in [6.45, 7) is 1.23. The summed E-state index contributed by atoms with van der Waals surface area (Å²) in [7, 11) is 1.65. The lowest BCUT2D eigenvalue weighted by molar-refractivity contribution is 0.0174. The van der Waals surface area contributed by atoms with E-state index in [2.05, 4.69) is 21.2 Å². The van der Waals surface area contributed by atoms with E-state index >= 15 is 0 Å². The predicted molar refractivity (Wildman–Crippen MR) is 64.2 cm³/mol. The first-order valence-corrected chi connectivity index (χ1v) is 5.81. The molecule has 0 saturated heterocycles. The number of amides is 2. The molecule has 0 spiro atoms. The van der Waals surface area contributed by atoms with Gasteiger partial charge in [-0.2, -0.15) is 0 Å². The molecule has 0 atom stereocenters. The summed E-state index contributed by atoms with van der Waals surface area (Å²) in [5.74, 6) is -2.92. The standard InChI is InChI=1S/C11H11BrF2N2O/c1-11(13,14)6-3-8(12)7-5-16(2)10(17)15-9(7)4-6/h3-4H,5H2,1-2H3,(H,15,17). The zero-order chi connectivity index (χ0) is 12.8. The maximum atomic E-state index is 13.2. The molecule has 6 heteroatoms. The van der Waals surface area contributed by atoms with Gasteiger partial charge in [0.15, 0.2) is 0 Å². The largest absolute Gasteiger partial charge is 0.323 e. The molecule has 3 nitrogen and oxygen atoms in total. The molecular weight excluding hydrogens is 294 g/mol. The number of hydrogen-bond donors (Lipinski definition) is 1. The summed E-state index contributed by atoms with van der Waals surface area (Å²) < 4.78 is 27.1. The van der Waals surface area contributed by atoms with Gasteiger partial charge in [-0.25, -0.2) is 13.6 Å². The van der Waals surface area contributed by atoms with Gasteiger partial charge in [-0.05, 0) is 12.1 Å². The van der Waals surface area contributed by atoms with Gasteiger partial charge in [-0.3, -0.25) is 0 Å². The molecule has 0 unspecified atom stereocenters. The molecule has 92 valence electrons. The summed E-state index contributed by atoms with van der Waals surface area (Å²) in [6.07, 6.45) is 0. The normalized spacial score (nSPS) is 15.6. The van der Waals surface area contributed by atoms with Crippen molar-refractivity contribution in [3.63, 3.8) is 0 Å². The molecule has 0 radical (unpaired) electrons. The van der Waals surface area contributed by atoms with Crippen molar-refractivity contribution < 1.29 is 13.6 Å². The highest BCUT2D eigenvalue weighted by atomic mass is 79.9. The van der Waals surface area contributed by atoms with Crippen molar-refractivity contribution >= 4 is 27.6 Å². The van der Waals surface area contributed by atoms with Crippen LogP contribution in [0.1, 0.15) is 18.1 Å². The second kappa shape index (κ2) is 3.94. The SMILES string of the molecule is CN1Cc2c(Br)cc(C(C)(F)F)cc2NC1=O. The number of anilines is 1. The van der Waals surface area contributed by atoms with Crippen molar-refractivity contribution in [2.45, 2.75) is 19.4 Å². The van der Waals surface area contributed by atoms with Crippen LogP contribution in [0.3, 0.4) is 0 Å². The molecule has 1 aromatic carbocycles. The summed E-state index contributed by atoms with van der Waals surface area (Å²) >= 11 is 3.26. The van der Waals surface area contributed by atoms with E-state index in [4.69, 9.17) is 0 Å². The molecule has 0 aliphatic carbocycles. The van der Waals surface area contributed by atoms with E-state index in [0.29, 0.717) is 16.7 Å². The Morgan fingerprint density at radius 2 is 2.12 bits per heavy atom. The van der Waals surface area contributed by atoms with Gasteiger partial charge in [-0.15, -0.1) is 0 Å². The van der Waals surface area contributed by atoms with Crippen LogP contribution in [0, 0.1) is 0 Å². The van der Waals surface area contributed by atoms with Crippen LogP contribution in [0.25, 0.3) is 0 Å². The number of fused-ring (bicyclic) bond motifs is 1. The summed E-state index contributed by atoms with van der Waals surface area (Å²) in [5, 5.41) is 2.59. The Morgan fingerprint density at radius 1 is 1.47 bits per heavy atom. The summed E-state index contributed by atoms with van der Waals surface area (Å²) in [6, 6.07) is 2.43. The van der Waals surface area contributed by atoms with E-state index in [1.807, 2.05) is 0 Å². The molecule has 2 rings (SSSR count). The predicted octanol–water partition coefficient (Wildman–Crippen LogP) is 3.54. The fourth-order valence-electron chi connectivity index (χ4n) is 1.68. The monoisotopic (exact) mass is 304 g/mol. The first-order valence-electron chi connectivity index (χ1n) is 5.02. The van der Waals surface area contributed by atoms with Crippen LogP contribution < -0.4 is 5.32 Å². The van der Waals surface area contributed by atoms with Crippen molar-refractivity contribution in [1.82, 2.24) is 4.90 Å². The van der Waals surface area contributed by atoms with Crippen molar-refractivity contribution in [2.75, 3.05) is 12.4 Å². The second-order valence-corrected chi connectivity index (χ2v) is 5.01. The van der Waals surface area contributed by atoms with Gasteiger partial charge in [0.1, 0.15) is 0 Å². The minimum absolute atomic E-state index is 0.118. The Bertz CT molecular complexity index is 485. The number of nitrogens with one attached hydrogen (secondary N) is 1. The maximum Gasteiger partial charge on any atom is 0.321 e. The lowest BCUT2D eigenvalue weighted by atomic mass is 10.0. The molecule has 17 heavy (non-hydrogen) atoms. The Kier molecular flexibility index (Phi) is 2.85. The van der Waals surface area contributed by atoms with E-state index in [1.165, 1.54) is 17.0 Å². The minimum atomic E-state index is -2.92. The number of rotatable bonds is 1. The molecule has 1 heterocycles. The third-order valence-electron chi connectivity index (χ3n) is 2.69. The lowest BCUT2D eigenvalue weighted by Gasteiger charge is -2.28. The minimum Gasteiger partial charge on any atom is -0.323 e. The van der Waals surface area contributed by atoms with Crippen LogP contribution in [0.15, 0.2) is 16.6 Å². The maximum absolute atomic E-state index is 13.2. The number of alkyl halides is 2. The van der Waals surface area contributed by atoms with Crippen molar-refractivity contribution in [3.8, 4) is 0 Å². The second-order valence-electron chi connectivity index (χ2n) is 4.16. The number of urea groups is 1. The first-order chi connectivity index (χ1) is 7.79. The van der Waals surface area contributed by atoms with Gasteiger partial charge < -0.3 is 10.2 Å². The molecule has 0 bridgehead atoms. The van der Waals surface area contributed by atoms with Gasteiger partial charge in [0, 0.05) is 35.3 Å². The smallest absolute Gasteiger partial charge is 0.321 e. The molecule has 1 aliphatic rings. The zero-order valence-electron chi connectivity index (χ0n) is 9.35. The van der Waals surface area contributed by atoms with Gasteiger partial charge in [-0.1, -0.05) is 15.9 Å². The number of nitrogens with zero attached hydrogens (tertiary/aromatic N) is 1. The van der Waals surface area contributed by atoms with Crippen molar-refractivity contribution in [1.29, 1.82) is 0 Å². The molecule has 0 fully saturated rings. The van der Waals surface area contributed by atoms with E-state index in [1.54, 1.807) is 7.05 Å². The molecule has 0 aromatic heterocycles. The average Bonchev–Trinajstić information content (AvgIpc) is 2.19. The molecule has 1 aromatic rings. The topological polar surface area (TPSA) is 32.3 Å². The number of carbonyl (C=O) groups excluding carboxylic acids is 1. The molecular formula is C11H11BrF2N2O. The summed E-state index contributed by atoms with van der Waals surface area (Å²) in [4.78, 5) is 12.9. The van der Waals surface area contributed by atoms with Crippen molar-refractivity contribution in [3.05, 3.63) is 27.7 Å². The summed E-state index contributed by atoms with van der Waals surface area (Å²) in [5.41, 5.74) is 1.13. The highest BCUT2D eigenvalue weighted by molar-refractivity contribution is 9.10. The molecule has 2 amide bonds. The van der Waals surface area contributed by atoms with Gasteiger partial charge in [0.05, 0.1) is 6.54 Å². The zero-order valence-corrected chi connectivity index (χ0v) is 10.9. The Hall–Kier alpha value is -1.17. The quantitative estimate of drug-likeness (QED) is 0.845. The van der Waals surface area contributed by atoms with Crippen molar-refractivity contribution in [2.24, 2.45) is 0 Å². The van der Waals surface area contributed by atoms with E-state index < -0.39 is 5.92 Å². The number of carbonyl (C=O) groups is 1. The Morgan fingerprint density at radius 3 is 2.71 bits per heavy atom. The number of halogens is 3. The average molecular weight is 305 g/mol. The van der Waals surface area contributed by atoms with Crippen LogP contribution >= 0.6 is 15.9 Å².